The van der Waals surface area contributed by atoms with E-state index in [0.717, 1.165) is 26.2 Å². The molecule has 1 saturated heterocycles. The maximum atomic E-state index is 4.47. The zero-order valence-electron chi connectivity index (χ0n) is 7.65. The summed E-state index contributed by atoms with van der Waals surface area (Å²) in [6.07, 6.45) is 6.38. The van der Waals surface area contributed by atoms with E-state index in [1.807, 2.05) is 6.20 Å². The standard InChI is InChI=1S/C6H12N2.C3H3NO/c1-2-8-5-3-7-4-6-8;1-2-5-3-4-1/h2,7H,1,3-6H2;1-3H. The van der Waals surface area contributed by atoms with Gasteiger partial charge in [0.15, 0.2) is 6.39 Å². The quantitative estimate of drug-likeness (QED) is 0.692. The van der Waals surface area contributed by atoms with E-state index in [1.165, 1.54) is 12.7 Å². The molecule has 2 heterocycles. The van der Waals surface area contributed by atoms with Gasteiger partial charge < -0.3 is 14.6 Å². The Morgan fingerprint density at radius 3 is 2.54 bits per heavy atom. The van der Waals surface area contributed by atoms with Crippen molar-refractivity contribution in [2.45, 2.75) is 0 Å². The molecule has 0 unspecified atom stereocenters. The number of piperazine rings is 1. The van der Waals surface area contributed by atoms with Crippen molar-refractivity contribution in [1.29, 1.82) is 0 Å². The van der Waals surface area contributed by atoms with E-state index in [-0.39, 0.29) is 0 Å². The van der Waals surface area contributed by atoms with Gasteiger partial charge in [-0.05, 0) is 6.20 Å². The number of rotatable bonds is 1. The summed E-state index contributed by atoms with van der Waals surface area (Å²) in [5, 5.41) is 3.26. The van der Waals surface area contributed by atoms with Crippen LogP contribution in [0.15, 0.2) is 36.0 Å². The third-order valence-electron chi connectivity index (χ3n) is 1.76. The molecule has 0 aromatic carbocycles. The highest BCUT2D eigenvalue weighted by molar-refractivity contribution is 4.75. The Bertz CT molecular complexity index is 187. The molecule has 0 bridgehead atoms. The molecule has 72 valence electrons. The van der Waals surface area contributed by atoms with Gasteiger partial charge in [-0.25, -0.2) is 4.98 Å². The van der Waals surface area contributed by atoms with Gasteiger partial charge in [0, 0.05) is 26.2 Å². The lowest BCUT2D eigenvalue weighted by Crippen LogP contribution is -2.40. The van der Waals surface area contributed by atoms with Crippen LogP contribution in [0.25, 0.3) is 0 Å². The van der Waals surface area contributed by atoms with E-state index >= 15 is 0 Å². The lowest BCUT2D eigenvalue weighted by Gasteiger charge is -2.24. The van der Waals surface area contributed by atoms with Crippen LogP contribution in [0.2, 0.25) is 0 Å². The highest BCUT2D eigenvalue weighted by Crippen LogP contribution is 1.89. The zero-order valence-corrected chi connectivity index (χ0v) is 7.65. The molecule has 2 rings (SSSR count). The van der Waals surface area contributed by atoms with Gasteiger partial charge in [0.25, 0.3) is 0 Å². The van der Waals surface area contributed by atoms with Crippen molar-refractivity contribution in [3.05, 3.63) is 31.6 Å². The van der Waals surface area contributed by atoms with Crippen molar-refractivity contribution in [2.75, 3.05) is 26.2 Å². The number of nitrogens with zero attached hydrogens (tertiary/aromatic N) is 2. The van der Waals surface area contributed by atoms with Crippen molar-refractivity contribution in [1.82, 2.24) is 15.2 Å². The van der Waals surface area contributed by atoms with Gasteiger partial charge in [0.2, 0.25) is 0 Å². The predicted octanol–water partition coefficient (Wildman–Crippen LogP) is 0.710. The predicted molar refractivity (Wildman–Crippen MR) is 51.1 cm³/mol. The summed E-state index contributed by atoms with van der Waals surface area (Å²) in [6, 6.07) is 0. The van der Waals surface area contributed by atoms with Gasteiger partial charge in [0.1, 0.15) is 6.26 Å². The summed E-state index contributed by atoms with van der Waals surface area (Å²) in [6.45, 7) is 8.12. The maximum absolute atomic E-state index is 4.47. The summed E-state index contributed by atoms with van der Waals surface area (Å²) >= 11 is 0. The van der Waals surface area contributed by atoms with E-state index in [2.05, 4.69) is 26.2 Å². The minimum atomic E-state index is 1.10. The van der Waals surface area contributed by atoms with Crippen LogP contribution < -0.4 is 5.32 Å². The van der Waals surface area contributed by atoms with E-state index in [9.17, 15) is 0 Å². The Labute approximate surface area is 78.3 Å². The van der Waals surface area contributed by atoms with Crippen LogP contribution in [-0.2, 0) is 0 Å². The molecule has 1 aliphatic heterocycles. The second-order valence-electron chi connectivity index (χ2n) is 2.64. The Kier molecular flexibility index (Phi) is 4.71. The fourth-order valence-electron chi connectivity index (χ4n) is 1.04. The molecule has 13 heavy (non-hydrogen) atoms. The summed E-state index contributed by atoms with van der Waals surface area (Å²) in [5.41, 5.74) is 0. The Balaban J connectivity index is 0.000000145. The molecular weight excluding hydrogens is 166 g/mol. The summed E-state index contributed by atoms with van der Waals surface area (Å²) < 4.78 is 4.47. The Morgan fingerprint density at radius 1 is 1.46 bits per heavy atom. The number of hydrogen-bond acceptors (Lipinski definition) is 4. The molecule has 4 heteroatoms. The van der Waals surface area contributed by atoms with Crippen LogP contribution in [0.1, 0.15) is 0 Å². The van der Waals surface area contributed by atoms with Gasteiger partial charge in [-0.2, -0.15) is 0 Å². The van der Waals surface area contributed by atoms with Crippen molar-refractivity contribution in [2.24, 2.45) is 0 Å². The fourth-order valence-corrected chi connectivity index (χ4v) is 1.04. The largest absolute Gasteiger partial charge is 0.452 e. The second-order valence-corrected chi connectivity index (χ2v) is 2.64. The van der Waals surface area contributed by atoms with Crippen molar-refractivity contribution < 1.29 is 4.42 Å². The molecule has 4 nitrogen and oxygen atoms in total. The summed E-state index contributed by atoms with van der Waals surface area (Å²) in [4.78, 5) is 5.77. The molecule has 0 aliphatic carbocycles. The molecule has 0 amide bonds. The van der Waals surface area contributed by atoms with Gasteiger partial charge in [-0.1, -0.05) is 6.58 Å². The molecule has 1 aromatic heterocycles. The summed E-state index contributed by atoms with van der Waals surface area (Å²) in [5.74, 6) is 0. The maximum Gasteiger partial charge on any atom is 0.180 e. The molecule has 0 atom stereocenters. The van der Waals surface area contributed by atoms with E-state index in [1.54, 1.807) is 6.20 Å². The third-order valence-corrected chi connectivity index (χ3v) is 1.76. The third kappa shape index (κ3) is 4.32. The van der Waals surface area contributed by atoms with Gasteiger partial charge in [0.05, 0.1) is 6.20 Å². The Morgan fingerprint density at radius 2 is 2.23 bits per heavy atom. The number of hydrogen-bond donors (Lipinski definition) is 1. The van der Waals surface area contributed by atoms with Gasteiger partial charge in [-0.15, -0.1) is 0 Å². The molecule has 0 saturated carbocycles. The normalized spacial score (nSPS) is 15.8. The minimum Gasteiger partial charge on any atom is -0.452 e. The monoisotopic (exact) mass is 181 g/mol. The number of oxazole rings is 1. The number of aromatic nitrogens is 1. The van der Waals surface area contributed by atoms with Gasteiger partial charge >= 0.3 is 0 Å². The van der Waals surface area contributed by atoms with Crippen LogP contribution in [0.4, 0.5) is 0 Å². The van der Waals surface area contributed by atoms with Crippen molar-refractivity contribution in [3.63, 3.8) is 0 Å². The smallest absolute Gasteiger partial charge is 0.180 e. The first-order valence-electron chi connectivity index (χ1n) is 4.33. The van der Waals surface area contributed by atoms with Crippen LogP contribution in [-0.4, -0.2) is 36.1 Å². The highest BCUT2D eigenvalue weighted by atomic mass is 16.3. The van der Waals surface area contributed by atoms with E-state index in [0.29, 0.717) is 0 Å². The molecule has 0 radical (unpaired) electrons. The lowest BCUT2D eigenvalue weighted by atomic mass is 10.4. The van der Waals surface area contributed by atoms with Crippen LogP contribution in [0.5, 0.6) is 0 Å². The average molecular weight is 181 g/mol. The van der Waals surface area contributed by atoms with Crippen molar-refractivity contribution >= 4 is 0 Å². The lowest BCUT2D eigenvalue weighted by molar-refractivity contribution is 0.325. The highest BCUT2D eigenvalue weighted by Gasteiger charge is 2.01. The van der Waals surface area contributed by atoms with Gasteiger partial charge in [-0.3, -0.25) is 0 Å². The van der Waals surface area contributed by atoms with E-state index in [4.69, 9.17) is 0 Å². The molecule has 1 aliphatic rings. The minimum absolute atomic E-state index is 1.10. The second kappa shape index (κ2) is 6.25. The Hall–Kier alpha value is -1.29. The molecule has 1 aromatic rings. The molecule has 1 fully saturated rings. The fraction of sp³-hybridized carbons (Fsp3) is 0.444. The van der Waals surface area contributed by atoms with Crippen LogP contribution >= 0.6 is 0 Å². The molecule has 0 spiro atoms. The van der Waals surface area contributed by atoms with E-state index < -0.39 is 0 Å². The molecular formula is C9H15N3O. The van der Waals surface area contributed by atoms with Crippen LogP contribution in [0.3, 0.4) is 0 Å². The van der Waals surface area contributed by atoms with Crippen LogP contribution in [0, 0.1) is 0 Å². The summed E-state index contributed by atoms with van der Waals surface area (Å²) in [7, 11) is 0. The zero-order chi connectivity index (χ0) is 9.36. The number of nitrogens with one attached hydrogen (secondary N) is 1. The SMILES string of the molecule is C=CN1CCNCC1.c1cocn1. The first kappa shape index (κ1) is 9.80. The van der Waals surface area contributed by atoms with Crippen molar-refractivity contribution in [3.8, 4) is 0 Å². The topological polar surface area (TPSA) is 41.3 Å². The molecule has 1 N–H and O–H groups in total. The average Bonchev–Trinajstić information content (AvgIpc) is 2.77. The first-order chi connectivity index (χ1) is 6.43. The first-order valence-corrected chi connectivity index (χ1v) is 4.33.